The van der Waals surface area contributed by atoms with Crippen molar-refractivity contribution < 1.29 is 9.53 Å². The van der Waals surface area contributed by atoms with Gasteiger partial charge in [0, 0.05) is 11.6 Å². The first-order valence-electron chi connectivity index (χ1n) is 6.90. The van der Waals surface area contributed by atoms with Crippen LogP contribution in [0.5, 0.6) is 0 Å². The molecule has 1 atom stereocenters. The molecular formula is C15H21BrN2O2. The number of carbonyl (C=O) groups is 1. The van der Waals surface area contributed by atoms with Gasteiger partial charge in [0.05, 0.1) is 12.1 Å². The van der Waals surface area contributed by atoms with Crippen LogP contribution in [0.4, 0.5) is 0 Å². The normalized spacial score (nSPS) is 18.8. The summed E-state index contributed by atoms with van der Waals surface area (Å²) < 4.78 is 5.99. The predicted octanol–water partition coefficient (Wildman–Crippen LogP) is 2.31. The molecule has 1 aliphatic rings. The highest BCUT2D eigenvalue weighted by Crippen LogP contribution is 2.39. The number of carbonyl (C=O) groups excluding carboxylic acids is 1. The van der Waals surface area contributed by atoms with Crippen LogP contribution in [0.25, 0.3) is 0 Å². The fourth-order valence-corrected chi connectivity index (χ4v) is 3.08. The maximum absolute atomic E-state index is 12.2. The van der Waals surface area contributed by atoms with E-state index in [1.54, 1.807) is 7.11 Å². The highest BCUT2D eigenvalue weighted by atomic mass is 79.9. The molecule has 4 nitrogen and oxygen atoms in total. The van der Waals surface area contributed by atoms with E-state index in [4.69, 9.17) is 10.5 Å². The SMILES string of the molecule is COCC(N)C(=O)NC1(c2ccc(Br)cc2)CCCC1. The summed E-state index contributed by atoms with van der Waals surface area (Å²) in [5.41, 5.74) is 6.70. The third kappa shape index (κ3) is 3.40. The van der Waals surface area contributed by atoms with Gasteiger partial charge in [0.25, 0.3) is 0 Å². The van der Waals surface area contributed by atoms with E-state index in [2.05, 4.69) is 33.4 Å². The largest absolute Gasteiger partial charge is 0.383 e. The van der Waals surface area contributed by atoms with Crippen molar-refractivity contribution in [2.45, 2.75) is 37.3 Å². The van der Waals surface area contributed by atoms with Crippen molar-refractivity contribution in [3.05, 3.63) is 34.3 Å². The maximum atomic E-state index is 12.2. The Morgan fingerprint density at radius 1 is 1.40 bits per heavy atom. The van der Waals surface area contributed by atoms with Crippen LogP contribution in [0.2, 0.25) is 0 Å². The van der Waals surface area contributed by atoms with Gasteiger partial charge in [0.1, 0.15) is 6.04 Å². The van der Waals surface area contributed by atoms with Crippen LogP contribution in [-0.2, 0) is 15.1 Å². The van der Waals surface area contributed by atoms with Crippen molar-refractivity contribution in [2.24, 2.45) is 5.73 Å². The van der Waals surface area contributed by atoms with E-state index in [1.165, 1.54) is 0 Å². The summed E-state index contributed by atoms with van der Waals surface area (Å²) in [6.45, 7) is 0.238. The number of halogens is 1. The lowest BCUT2D eigenvalue weighted by Crippen LogP contribution is -2.52. The van der Waals surface area contributed by atoms with Crippen molar-refractivity contribution in [1.82, 2.24) is 5.32 Å². The van der Waals surface area contributed by atoms with E-state index >= 15 is 0 Å². The summed E-state index contributed by atoms with van der Waals surface area (Å²) in [7, 11) is 1.55. The summed E-state index contributed by atoms with van der Waals surface area (Å²) in [6.07, 6.45) is 4.16. The van der Waals surface area contributed by atoms with Gasteiger partial charge in [-0.25, -0.2) is 0 Å². The van der Waals surface area contributed by atoms with Crippen LogP contribution in [0, 0.1) is 0 Å². The van der Waals surface area contributed by atoms with Crippen LogP contribution in [0.3, 0.4) is 0 Å². The number of amides is 1. The number of hydrogen-bond donors (Lipinski definition) is 2. The summed E-state index contributed by atoms with van der Waals surface area (Å²) in [4.78, 5) is 12.2. The fraction of sp³-hybridized carbons (Fsp3) is 0.533. The molecule has 1 aromatic carbocycles. The Morgan fingerprint density at radius 3 is 2.55 bits per heavy atom. The van der Waals surface area contributed by atoms with Gasteiger partial charge in [0.15, 0.2) is 0 Å². The molecule has 0 radical (unpaired) electrons. The molecule has 0 saturated heterocycles. The van der Waals surface area contributed by atoms with Crippen LogP contribution < -0.4 is 11.1 Å². The second-order valence-corrected chi connectivity index (χ2v) is 6.26. The standard InChI is InChI=1S/C15H21BrN2O2/c1-20-10-13(17)14(19)18-15(8-2-3-9-15)11-4-6-12(16)7-5-11/h4-7,13H,2-3,8-10,17H2,1H3,(H,18,19). The Morgan fingerprint density at radius 2 is 2.00 bits per heavy atom. The quantitative estimate of drug-likeness (QED) is 0.864. The molecule has 20 heavy (non-hydrogen) atoms. The van der Waals surface area contributed by atoms with Crippen LogP contribution >= 0.6 is 15.9 Å². The molecule has 0 aliphatic heterocycles. The molecule has 110 valence electrons. The minimum Gasteiger partial charge on any atom is -0.383 e. The van der Waals surface area contributed by atoms with Crippen LogP contribution in [-0.4, -0.2) is 25.7 Å². The summed E-state index contributed by atoms with van der Waals surface area (Å²) in [5, 5.41) is 3.15. The van der Waals surface area contributed by atoms with Crippen molar-refractivity contribution >= 4 is 21.8 Å². The third-order valence-electron chi connectivity index (χ3n) is 3.90. The first-order valence-corrected chi connectivity index (χ1v) is 7.69. The van der Waals surface area contributed by atoms with Gasteiger partial charge in [0.2, 0.25) is 5.91 Å². The lowest BCUT2D eigenvalue weighted by Gasteiger charge is -2.32. The van der Waals surface area contributed by atoms with Crippen LogP contribution in [0.15, 0.2) is 28.7 Å². The number of benzene rings is 1. The highest BCUT2D eigenvalue weighted by Gasteiger charge is 2.37. The molecule has 5 heteroatoms. The van der Waals surface area contributed by atoms with Gasteiger partial charge < -0.3 is 15.8 Å². The molecule has 1 saturated carbocycles. The number of methoxy groups -OCH3 is 1. The topological polar surface area (TPSA) is 64.3 Å². The second-order valence-electron chi connectivity index (χ2n) is 5.35. The number of nitrogens with two attached hydrogens (primary N) is 1. The van der Waals surface area contributed by atoms with E-state index in [9.17, 15) is 4.79 Å². The molecule has 3 N–H and O–H groups in total. The molecule has 1 fully saturated rings. The van der Waals surface area contributed by atoms with E-state index < -0.39 is 6.04 Å². The summed E-state index contributed by atoms with van der Waals surface area (Å²) in [5.74, 6) is -0.142. The van der Waals surface area contributed by atoms with Gasteiger partial charge >= 0.3 is 0 Å². The molecular weight excluding hydrogens is 320 g/mol. The van der Waals surface area contributed by atoms with E-state index in [1.807, 2.05) is 12.1 Å². The first kappa shape index (κ1) is 15.5. The molecule has 2 rings (SSSR count). The van der Waals surface area contributed by atoms with Crippen molar-refractivity contribution in [3.8, 4) is 0 Å². The lowest BCUT2D eigenvalue weighted by atomic mass is 9.88. The number of nitrogens with one attached hydrogen (secondary N) is 1. The zero-order valence-electron chi connectivity index (χ0n) is 11.7. The minimum atomic E-state index is -0.618. The highest BCUT2D eigenvalue weighted by molar-refractivity contribution is 9.10. The van der Waals surface area contributed by atoms with E-state index in [-0.39, 0.29) is 18.1 Å². The lowest BCUT2D eigenvalue weighted by molar-refractivity contribution is -0.125. The van der Waals surface area contributed by atoms with E-state index in [0.29, 0.717) is 0 Å². The third-order valence-corrected chi connectivity index (χ3v) is 4.43. The molecule has 0 spiro atoms. The Balaban J connectivity index is 2.18. The Bertz CT molecular complexity index is 455. The summed E-state index contributed by atoms with van der Waals surface area (Å²) in [6, 6.07) is 7.54. The molecule has 0 aromatic heterocycles. The van der Waals surface area contributed by atoms with Gasteiger partial charge in [-0.1, -0.05) is 40.9 Å². The number of hydrogen-bond acceptors (Lipinski definition) is 3. The van der Waals surface area contributed by atoms with Crippen molar-refractivity contribution in [2.75, 3.05) is 13.7 Å². The summed E-state index contributed by atoms with van der Waals surface area (Å²) >= 11 is 3.44. The Kier molecular flexibility index (Phi) is 5.18. The van der Waals surface area contributed by atoms with Crippen molar-refractivity contribution in [3.63, 3.8) is 0 Å². The fourth-order valence-electron chi connectivity index (χ4n) is 2.82. The zero-order valence-corrected chi connectivity index (χ0v) is 13.3. The molecule has 1 unspecified atom stereocenters. The average molecular weight is 341 g/mol. The van der Waals surface area contributed by atoms with Gasteiger partial charge in [-0.3, -0.25) is 4.79 Å². The van der Waals surface area contributed by atoms with Gasteiger partial charge in [-0.2, -0.15) is 0 Å². The average Bonchev–Trinajstić information content (AvgIpc) is 2.89. The van der Waals surface area contributed by atoms with Gasteiger partial charge in [-0.05, 0) is 30.5 Å². The number of ether oxygens (including phenoxy) is 1. The number of rotatable bonds is 5. The first-order chi connectivity index (χ1) is 9.57. The molecule has 1 aromatic rings. The molecule has 0 bridgehead atoms. The predicted molar refractivity (Wildman–Crippen MR) is 82.3 cm³/mol. The minimum absolute atomic E-state index is 0.142. The molecule has 0 heterocycles. The molecule has 1 aliphatic carbocycles. The smallest absolute Gasteiger partial charge is 0.239 e. The van der Waals surface area contributed by atoms with E-state index in [0.717, 1.165) is 35.7 Å². The van der Waals surface area contributed by atoms with Crippen molar-refractivity contribution in [1.29, 1.82) is 0 Å². The molecule has 1 amide bonds. The van der Waals surface area contributed by atoms with Gasteiger partial charge in [-0.15, -0.1) is 0 Å². The van der Waals surface area contributed by atoms with Crippen LogP contribution in [0.1, 0.15) is 31.2 Å². The Hall–Kier alpha value is -0.910. The maximum Gasteiger partial charge on any atom is 0.239 e. The zero-order chi connectivity index (χ0) is 14.6. The second kappa shape index (κ2) is 6.70. The Labute approximate surface area is 128 Å². The monoisotopic (exact) mass is 340 g/mol.